The topological polar surface area (TPSA) is 96.8 Å². The molecule has 4 aliphatic rings. The van der Waals surface area contributed by atoms with E-state index in [4.69, 9.17) is 21.1 Å². The number of nitrogens with zero attached hydrogens (tertiary/aromatic N) is 7. The molecule has 3 fully saturated rings. The molecule has 0 radical (unpaired) electrons. The maximum atomic E-state index is 14.5. The molecule has 7 rings (SSSR count). The van der Waals surface area contributed by atoms with Crippen molar-refractivity contribution in [2.75, 3.05) is 37.0 Å². The van der Waals surface area contributed by atoms with Crippen molar-refractivity contribution in [2.45, 2.75) is 131 Å². The number of hydrogen-bond acceptors (Lipinski definition) is 9. The molecule has 3 aromatic rings. The molecule has 0 bridgehead atoms. The zero-order valence-electron chi connectivity index (χ0n) is 33.9. The van der Waals surface area contributed by atoms with Gasteiger partial charge in [-0.15, -0.1) is 21.8 Å². The minimum Gasteiger partial charge on any atom is -0.490 e. The van der Waals surface area contributed by atoms with Crippen LogP contribution >= 0.6 is 11.6 Å². The lowest BCUT2D eigenvalue weighted by Gasteiger charge is -2.58. The molecule has 1 amide bonds. The molecule has 55 heavy (non-hydrogen) atoms. The van der Waals surface area contributed by atoms with Gasteiger partial charge in [-0.05, 0) is 70.8 Å². The van der Waals surface area contributed by atoms with E-state index in [0.717, 1.165) is 56.3 Å². The molecule has 1 aromatic carbocycles. The third-order valence-corrected chi connectivity index (χ3v) is 10.7. The van der Waals surface area contributed by atoms with Gasteiger partial charge in [-0.2, -0.15) is 0 Å². The van der Waals surface area contributed by atoms with Gasteiger partial charge in [0.1, 0.15) is 29.7 Å². The number of anilines is 1. The molecular formula is C41H59ClF3N7O3. The first-order valence-corrected chi connectivity index (χ1v) is 20.5. The van der Waals surface area contributed by atoms with Crippen molar-refractivity contribution in [3.8, 4) is 17.4 Å². The Balaban J connectivity index is 0.00000107. The van der Waals surface area contributed by atoms with Gasteiger partial charge in [0.25, 0.3) is 17.7 Å². The largest absolute Gasteiger partial charge is 0.490 e. The maximum absolute atomic E-state index is 14.5. The summed E-state index contributed by atoms with van der Waals surface area (Å²) < 4.78 is 54.6. The van der Waals surface area contributed by atoms with Crippen molar-refractivity contribution in [3.05, 3.63) is 59.4 Å². The second-order valence-corrected chi connectivity index (χ2v) is 14.6. The average Bonchev–Trinajstić information content (AvgIpc) is 3.14. The summed E-state index contributed by atoms with van der Waals surface area (Å²) in [7, 11) is 0. The van der Waals surface area contributed by atoms with Crippen molar-refractivity contribution < 1.29 is 27.4 Å². The van der Waals surface area contributed by atoms with Gasteiger partial charge in [-0.25, -0.2) is 18.2 Å². The van der Waals surface area contributed by atoms with Gasteiger partial charge in [0, 0.05) is 80.1 Å². The molecule has 1 atom stereocenters. The molecule has 2 aromatic heterocycles. The summed E-state index contributed by atoms with van der Waals surface area (Å²) in [6.45, 7) is 21.0. The number of amides is 1. The van der Waals surface area contributed by atoms with Crippen molar-refractivity contribution in [1.82, 2.24) is 30.0 Å². The number of hydrogen-bond donors (Lipinski definition) is 0. The highest BCUT2D eigenvalue weighted by Crippen LogP contribution is 2.52. The summed E-state index contributed by atoms with van der Waals surface area (Å²) in [6, 6.07) is 4.75. The van der Waals surface area contributed by atoms with E-state index in [1.807, 2.05) is 58.7 Å². The predicted octanol–water partition coefficient (Wildman–Crippen LogP) is 9.52. The number of ether oxygens (including phenoxy) is 2. The molecule has 1 saturated heterocycles. The van der Waals surface area contributed by atoms with E-state index in [-0.39, 0.29) is 40.8 Å². The molecule has 14 heteroatoms. The Hall–Kier alpha value is -3.71. The summed E-state index contributed by atoms with van der Waals surface area (Å²) in [5.74, 6) is -1.91. The molecule has 2 aliphatic carbocycles. The summed E-state index contributed by atoms with van der Waals surface area (Å²) >= 11 is 5.97. The Morgan fingerprint density at radius 1 is 1.02 bits per heavy atom. The van der Waals surface area contributed by atoms with E-state index >= 15 is 0 Å². The summed E-state index contributed by atoms with van der Waals surface area (Å²) in [5, 5.41) is 8.06. The smallest absolute Gasteiger partial charge is 0.282 e. The number of halogens is 4. The first-order chi connectivity index (χ1) is 26.5. The third-order valence-electron chi connectivity index (χ3n) is 10.4. The standard InChI is InChI=1S/C35H41ClF3N7O3.3C2H6/c1-21(2)46(24-14-35(38,39)15-24)33(47)26-13-23(37)5-6-28(26)49-32-31(41-20-42-43-32)45-18-34(19-45)16-25(17-34)48-29-7-10-40-27-8-12-44(11-4-9-36)22(3)30(27)29;3*1-2/h5-7,10,13,20-22,24-25H,4,8-9,11-12,14-19H2,1-3H3;3*1-2H3. The molecule has 304 valence electrons. The van der Waals surface area contributed by atoms with Gasteiger partial charge in [0.05, 0.1) is 11.3 Å². The highest BCUT2D eigenvalue weighted by molar-refractivity contribution is 6.17. The Morgan fingerprint density at radius 3 is 2.35 bits per heavy atom. The number of benzene rings is 1. The quantitative estimate of drug-likeness (QED) is 0.176. The summed E-state index contributed by atoms with van der Waals surface area (Å²) in [4.78, 5) is 28.6. The number of fused-ring (bicyclic) bond motifs is 1. The highest BCUT2D eigenvalue weighted by Gasteiger charge is 2.55. The van der Waals surface area contributed by atoms with Crippen LogP contribution in [-0.2, 0) is 6.42 Å². The predicted molar refractivity (Wildman–Crippen MR) is 211 cm³/mol. The van der Waals surface area contributed by atoms with E-state index in [1.165, 1.54) is 28.9 Å². The molecule has 2 aliphatic heterocycles. The van der Waals surface area contributed by atoms with Crippen LogP contribution in [0.25, 0.3) is 0 Å². The number of rotatable bonds is 11. The van der Waals surface area contributed by atoms with E-state index in [2.05, 4.69) is 32.0 Å². The Bertz CT molecular complexity index is 1700. The van der Waals surface area contributed by atoms with Gasteiger partial charge in [-0.1, -0.05) is 41.5 Å². The van der Waals surface area contributed by atoms with Gasteiger partial charge in [-0.3, -0.25) is 14.7 Å². The lowest BCUT2D eigenvalue weighted by atomic mass is 9.61. The maximum Gasteiger partial charge on any atom is 0.282 e. The SMILES string of the molecule is CC.CC.CC.CC1c2c(OC3CC4(C3)CN(c3ncnnc3Oc3ccc(F)cc3C(=O)N(C(C)C)C3CC(F)(F)C3)C4)ccnc2CCN1CCCCl. The van der Waals surface area contributed by atoms with Gasteiger partial charge < -0.3 is 19.3 Å². The van der Waals surface area contributed by atoms with Gasteiger partial charge in [0.15, 0.2) is 5.82 Å². The van der Waals surface area contributed by atoms with Gasteiger partial charge in [0.2, 0.25) is 0 Å². The van der Waals surface area contributed by atoms with E-state index < -0.39 is 36.5 Å². The second kappa shape index (κ2) is 19.4. The van der Waals surface area contributed by atoms with E-state index in [1.54, 1.807) is 13.8 Å². The van der Waals surface area contributed by atoms with Crippen molar-refractivity contribution in [2.24, 2.45) is 5.41 Å². The fourth-order valence-electron chi connectivity index (χ4n) is 7.97. The number of carbonyl (C=O) groups excluding carboxylic acids is 1. The Labute approximate surface area is 330 Å². The number of pyridine rings is 1. The Kier molecular flexibility index (Phi) is 15.6. The highest BCUT2D eigenvalue weighted by atomic mass is 35.5. The number of alkyl halides is 3. The fraction of sp³-hybridized carbons (Fsp3) is 0.634. The molecule has 10 nitrogen and oxygen atoms in total. The fourth-order valence-corrected chi connectivity index (χ4v) is 8.09. The van der Waals surface area contributed by atoms with Gasteiger partial charge >= 0.3 is 0 Å². The average molecular weight is 790 g/mol. The first kappa shape index (κ1) is 44.0. The van der Waals surface area contributed by atoms with Crippen molar-refractivity contribution >= 4 is 23.3 Å². The zero-order chi connectivity index (χ0) is 40.5. The third kappa shape index (κ3) is 9.82. The van der Waals surface area contributed by atoms with E-state index in [0.29, 0.717) is 24.8 Å². The minimum absolute atomic E-state index is 0.0511. The normalized spacial score (nSPS) is 19.5. The monoisotopic (exact) mass is 789 g/mol. The lowest BCUT2D eigenvalue weighted by molar-refractivity contribution is -0.120. The van der Waals surface area contributed by atoms with Crippen LogP contribution in [0.3, 0.4) is 0 Å². The zero-order valence-corrected chi connectivity index (χ0v) is 34.7. The molecular weight excluding hydrogens is 731 g/mol. The van der Waals surface area contributed by atoms with Crippen LogP contribution in [0.4, 0.5) is 19.0 Å². The lowest BCUT2D eigenvalue weighted by Crippen LogP contribution is -2.65. The van der Waals surface area contributed by atoms with Crippen LogP contribution in [0.2, 0.25) is 0 Å². The minimum atomic E-state index is -2.82. The molecule has 4 heterocycles. The van der Waals surface area contributed by atoms with Crippen LogP contribution in [0.1, 0.15) is 122 Å². The number of aromatic nitrogens is 4. The Morgan fingerprint density at radius 2 is 1.71 bits per heavy atom. The molecule has 1 spiro atoms. The first-order valence-electron chi connectivity index (χ1n) is 20.0. The second-order valence-electron chi connectivity index (χ2n) is 14.2. The molecule has 0 N–H and O–H groups in total. The van der Waals surface area contributed by atoms with Crippen LogP contribution < -0.4 is 14.4 Å². The van der Waals surface area contributed by atoms with Crippen molar-refractivity contribution in [3.63, 3.8) is 0 Å². The van der Waals surface area contributed by atoms with Crippen molar-refractivity contribution in [1.29, 1.82) is 0 Å². The van der Waals surface area contributed by atoms with E-state index in [9.17, 15) is 18.0 Å². The summed E-state index contributed by atoms with van der Waals surface area (Å²) in [5.41, 5.74) is 2.27. The molecule has 2 saturated carbocycles. The van der Waals surface area contributed by atoms with Crippen LogP contribution in [0.5, 0.6) is 17.4 Å². The number of carbonyl (C=O) groups is 1. The van der Waals surface area contributed by atoms with Crippen LogP contribution in [0, 0.1) is 11.2 Å². The summed E-state index contributed by atoms with van der Waals surface area (Å²) in [6.07, 6.45) is 6.01. The van der Waals surface area contributed by atoms with Crippen LogP contribution in [-0.4, -0.2) is 92.0 Å². The molecule has 1 unspecified atom stereocenters. The van der Waals surface area contributed by atoms with Crippen LogP contribution in [0.15, 0.2) is 36.8 Å².